The van der Waals surface area contributed by atoms with Gasteiger partial charge in [0.25, 0.3) is 11.8 Å². The summed E-state index contributed by atoms with van der Waals surface area (Å²) >= 11 is 3.16. The molecule has 6 heteroatoms. The summed E-state index contributed by atoms with van der Waals surface area (Å²) in [7, 11) is 0. The molecule has 5 nitrogen and oxygen atoms in total. The van der Waals surface area contributed by atoms with E-state index in [2.05, 4.69) is 26.6 Å². The topological polar surface area (TPSA) is 71.3 Å². The van der Waals surface area contributed by atoms with Crippen LogP contribution in [0.5, 0.6) is 0 Å². The van der Waals surface area contributed by atoms with Crippen LogP contribution < -0.4 is 10.6 Å². The zero-order chi connectivity index (χ0) is 16.9. The van der Waals surface area contributed by atoms with Crippen LogP contribution in [-0.4, -0.2) is 17.9 Å². The fraction of sp³-hybridized carbons (Fsp3) is 0.333. The maximum absolute atomic E-state index is 12.4. The predicted molar refractivity (Wildman–Crippen MR) is 95.1 cm³/mol. The molecule has 0 saturated heterocycles. The van der Waals surface area contributed by atoms with Gasteiger partial charge in [0.05, 0.1) is 0 Å². The van der Waals surface area contributed by atoms with Gasteiger partial charge in [-0.15, -0.1) is 0 Å². The molecule has 2 N–H and O–H groups in total. The number of rotatable bonds is 4. The molecule has 1 fully saturated rings. The van der Waals surface area contributed by atoms with Gasteiger partial charge in [0.15, 0.2) is 10.4 Å². The van der Waals surface area contributed by atoms with Crippen LogP contribution >= 0.6 is 15.9 Å². The highest BCUT2D eigenvalue weighted by molar-refractivity contribution is 9.10. The number of anilines is 1. The Morgan fingerprint density at radius 1 is 1.04 bits per heavy atom. The van der Waals surface area contributed by atoms with Crippen molar-refractivity contribution in [3.05, 3.63) is 52.4 Å². The minimum atomic E-state index is -0.356. The number of hydrogen-bond acceptors (Lipinski definition) is 3. The van der Waals surface area contributed by atoms with Crippen molar-refractivity contribution in [1.82, 2.24) is 5.32 Å². The molecule has 0 radical (unpaired) electrons. The summed E-state index contributed by atoms with van der Waals surface area (Å²) in [6.07, 6.45) is 5.65. The van der Waals surface area contributed by atoms with Crippen LogP contribution in [0, 0.1) is 0 Å². The van der Waals surface area contributed by atoms with Crippen molar-refractivity contribution in [3.63, 3.8) is 0 Å². The highest BCUT2D eigenvalue weighted by Gasteiger charge is 2.17. The molecule has 1 aromatic heterocycles. The van der Waals surface area contributed by atoms with Crippen LogP contribution in [0.4, 0.5) is 5.69 Å². The molecule has 0 aliphatic heterocycles. The lowest BCUT2D eigenvalue weighted by Gasteiger charge is -2.22. The Hall–Kier alpha value is -2.08. The number of carbonyl (C=O) groups is 2. The number of furan rings is 1. The van der Waals surface area contributed by atoms with Crippen LogP contribution in [0.2, 0.25) is 0 Å². The molecule has 24 heavy (non-hydrogen) atoms. The third-order valence-electron chi connectivity index (χ3n) is 4.12. The molecule has 3 rings (SSSR count). The van der Waals surface area contributed by atoms with Gasteiger partial charge in [-0.3, -0.25) is 9.59 Å². The van der Waals surface area contributed by atoms with E-state index < -0.39 is 0 Å². The van der Waals surface area contributed by atoms with Gasteiger partial charge in [0, 0.05) is 17.3 Å². The fourth-order valence-electron chi connectivity index (χ4n) is 2.88. The molecule has 0 atom stereocenters. The van der Waals surface area contributed by atoms with E-state index in [1.165, 1.54) is 19.3 Å². The molecule has 126 valence electrons. The highest BCUT2D eigenvalue weighted by atomic mass is 79.9. The van der Waals surface area contributed by atoms with Crippen LogP contribution in [0.15, 0.2) is 45.5 Å². The standard InChI is InChI=1S/C18H19BrN2O3/c19-16-10-9-15(24-16)18(23)21-14-8-4-5-12(11-14)17(22)20-13-6-2-1-3-7-13/h4-5,8-11,13H,1-3,6-7H2,(H,20,22)(H,21,23). The normalized spacial score (nSPS) is 15.0. The fourth-order valence-corrected chi connectivity index (χ4v) is 3.19. The lowest BCUT2D eigenvalue weighted by atomic mass is 9.95. The molecule has 2 amide bonds. The molecule has 0 unspecified atom stereocenters. The average molecular weight is 391 g/mol. The minimum absolute atomic E-state index is 0.0984. The number of halogens is 1. The molecule has 1 aromatic carbocycles. The van der Waals surface area contributed by atoms with E-state index in [1.807, 2.05) is 0 Å². The number of nitrogens with one attached hydrogen (secondary N) is 2. The highest BCUT2D eigenvalue weighted by Crippen LogP contribution is 2.19. The van der Waals surface area contributed by atoms with E-state index in [9.17, 15) is 9.59 Å². The van der Waals surface area contributed by atoms with Crippen LogP contribution in [0.3, 0.4) is 0 Å². The number of benzene rings is 1. The van der Waals surface area contributed by atoms with Crippen molar-refractivity contribution in [3.8, 4) is 0 Å². The second-order valence-corrected chi connectivity index (χ2v) is 6.73. The van der Waals surface area contributed by atoms with Crippen molar-refractivity contribution >= 4 is 33.4 Å². The van der Waals surface area contributed by atoms with Gasteiger partial charge in [0.1, 0.15) is 0 Å². The Morgan fingerprint density at radius 2 is 1.83 bits per heavy atom. The molecule has 1 heterocycles. The van der Waals surface area contributed by atoms with Gasteiger partial charge in [-0.25, -0.2) is 0 Å². The van der Waals surface area contributed by atoms with E-state index >= 15 is 0 Å². The van der Waals surface area contributed by atoms with Crippen LogP contribution in [0.25, 0.3) is 0 Å². The van der Waals surface area contributed by atoms with Crippen molar-refractivity contribution in [2.24, 2.45) is 0 Å². The summed E-state index contributed by atoms with van der Waals surface area (Å²) in [6, 6.07) is 10.4. The first-order valence-electron chi connectivity index (χ1n) is 8.09. The largest absolute Gasteiger partial charge is 0.444 e. The van der Waals surface area contributed by atoms with E-state index in [0.717, 1.165) is 12.8 Å². The first-order chi connectivity index (χ1) is 11.6. The van der Waals surface area contributed by atoms with Gasteiger partial charge in [-0.1, -0.05) is 25.3 Å². The monoisotopic (exact) mass is 390 g/mol. The molecule has 1 aliphatic rings. The maximum Gasteiger partial charge on any atom is 0.291 e. The summed E-state index contributed by atoms with van der Waals surface area (Å²) in [4.78, 5) is 24.5. The maximum atomic E-state index is 12.4. The third-order valence-corrected chi connectivity index (χ3v) is 4.55. The summed E-state index contributed by atoms with van der Waals surface area (Å²) in [5.74, 6) is -0.247. The van der Waals surface area contributed by atoms with E-state index in [1.54, 1.807) is 36.4 Å². The van der Waals surface area contributed by atoms with Gasteiger partial charge in [0.2, 0.25) is 0 Å². The predicted octanol–water partition coefficient (Wildman–Crippen LogP) is 4.36. The van der Waals surface area contributed by atoms with Crippen molar-refractivity contribution in [1.29, 1.82) is 0 Å². The molecule has 0 spiro atoms. The zero-order valence-corrected chi connectivity index (χ0v) is 14.8. The summed E-state index contributed by atoms with van der Waals surface area (Å²) < 4.78 is 5.71. The first kappa shape index (κ1) is 16.8. The van der Waals surface area contributed by atoms with Crippen molar-refractivity contribution in [2.75, 3.05) is 5.32 Å². The minimum Gasteiger partial charge on any atom is -0.444 e. The Labute approximate surface area is 148 Å². The Bertz CT molecular complexity index is 735. The van der Waals surface area contributed by atoms with Crippen LogP contribution in [0.1, 0.15) is 53.0 Å². The lowest BCUT2D eigenvalue weighted by Crippen LogP contribution is -2.36. The molecule has 0 bridgehead atoms. The van der Waals surface area contributed by atoms with Crippen molar-refractivity contribution < 1.29 is 14.0 Å². The quantitative estimate of drug-likeness (QED) is 0.814. The number of carbonyl (C=O) groups excluding carboxylic acids is 2. The van der Waals surface area contributed by atoms with Gasteiger partial charge >= 0.3 is 0 Å². The van der Waals surface area contributed by atoms with E-state index in [4.69, 9.17) is 4.42 Å². The van der Waals surface area contributed by atoms with Crippen LogP contribution in [-0.2, 0) is 0 Å². The Balaban J connectivity index is 1.64. The first-order valence-corrected chi connectivity index (χ1v) is 8.89. The summed E-state index contributed by atoms with van der Waals surface area (Å²) in [6.45, 7) is 0. The van der Waals surface area contributed by atoms with E-state index in [-0.39, 0.29) is 23.6 Å². The summed E-state index contributed by atoms with van der Waals surface area (Å²) in [5, 5.41) is 5.81. The lowest BCUT2D eigenvalue weighted by molar-refractivity contribution is 0.0926. The Kier molecular flexibility index (Phi) is 5.35. The average Bonchev–Trinajstić information content (AvgIpc) is 3.03. The molecule has 1 aliphatic carbocycles. The van der Waals surface area contributed by atoms with E-state index in [0.29, 0.717) is 15.9 Å². The van der Waals surface area contributed by atoms with Gasteiger partial charge < -0.3 is 15.1 Å². The second-order valence-electron chi connectivity index (χ2n) is 5.95. The molecular formula is C18H19BrN2O3. The summed E-state index contributed by atoms with van der Waals surface area (Å²) in [5.41, 5.74) is 1.10. The molecule has 2 aromatic rings. The second kappa shape index (κ2) is 7.66. The smallest absolute Gasteiger partial charge is 0.291 e. The number of hydrogen-bond donors (Lipinski definition) is 2. The van der Waals surface area contributed by atoms with Gasteiger partial charge in [-0.2, -0.15) is 0 Å². The van der Waals surface area contributed by atoms with Gasteiger partial charge in [-0.05, 0) is 59.1 Å². The third kappa shape index (κ3) is 4.26. The Morgan fingerprint density at radius 3 is 2.54 bits per heavy atom. The molecular weight excluding hydrogens is 372 g/mol. The number of amides is 2. The zero-order valence-electron chi connectivity index (χ0n) is 13.2. The SMILES string of the molecule is O=C(NC1CCCCC1)c1cccc(NC(=O)c2ccc(Br)o2)c1. The molecule has 1 saturated carbocycles. The van der Waals surface area contributed by atoms with Crippen molar-refractivity contribution in [2.45, 2.75) is 38.1 Å².